The summed E-state index contributed by atoms with van der Waals surface area (Å²) < 4.78 is 1.19. The quantitative estimate of drug-likeness (QED) is 0.411. The first-order chi connectivity index (χ1) is 21.5. The number of carbonyl (C=O) groups is 3. The molecule has 1 spiro atoms. The summed E-state index contributed by atoms with van der Waals surface area (Å²) in [5.74, 6) is 0.0732. The van der Waals surface area contributed by atoms with Crippen LogP contribution >= 0.6 is 11.3 Å². The Bertz CT molecular complexity index is 1520. The number of anilines is 1. The maximum Gasteiger partial charge on any atom is 0.318 e. The van der Waals surface area contributed by atoms with Crippen LogP contribution in [0.5, 0.6) is 0 Å². The molecule has 4 aliphatic heterocycles. The molecule has 0 saturated carbocycles. The van der Waals surface area contributed by atoms with Gasteiger partial charge in [-0.15, -0.1) is 11.3 Å². The van der Waals surface area contributed by atoms with Gasteiger partial charge in [0.2, 0.25) is 11.8 Å². The van der Waals surface area contributed by atoms with Crippen molar-refractivity contribution >= 4 is 45.0 Å². The molecule has 7 rings (SSSR count). The number of urea groups is 1. The van der Waals surface area contributed by atoms with E-state index in [-0.39, 0.29) is 17.8 Å². The molecule has 8 nitrogen and oxygen atoms in total. The third kappa shape index (κ3) is 5.84. The number of para-hydroxylation sites is 1. The Kier molecular flexibility index (Phi) is 8.33. The number of carbonyl (C=O) groups excluding carboxylic acids is 3. The van der Waals surface area contributed by atoms with Crippen LogP contribution in [0.2, 0.25) is 0 Å². The Morgan fingerprint density at radius 2 is 1.64 bits per heavy atom. The number of hydrogen-bond acceptors (Lipinski definition) is 5. The fourth-order valence-electron chi connectivity index (χ4n) is 7.84. The van der Waals surface area contributed by atoms with Gasteiger partial charge in [0, 0.05) is 49.0 Å². The van der Waals surface area contributed by atoms with Crippen LogP contribution in [0.25, 0.3) is 10.1 Å². The summed E-state index contributed by atoms with van der Waals surface area (Å²) in [5, 5.41) is 9.55. The van der Waals surface area contributed by atoms with Crippen LogP contribution in [-0.2, 0) is 22.4 Å². The summed E-state index contributed by atoms with van der Waals surface area (Å²) in [4.78, 5) is 47.4. The number of fused-ring (bicyclic) bond motifs is 2. The minimum absolute atomic E-state index is 0.0162. The number of benzene rings is 2. The molecule has 44 heavy (non-hydrogen) atoms. The van der Waals surface area contributed by atoms with Gasteiger partial charge in [-0.05, 0) is 92.1 Å². The Hall–Kier alpha value is -3.43. The predicted octanol–water partition coefficient (Wildman–Crippen LogP) is 5.28. The molecule has 0 unspecified atom stereocenters. The van der Waals surface area contributed by atoms with Crippen molar-refractivity contribution in [2.45, 2.75) is 69.9 Å². The third-order valence-corrected chi connectivity index (χ3v) is 11.6. The number of thiophene rings is 1. The number of hydrogen-bond donors (Lipinski definition) is 2. The summed E-state index contributed by atoms with van der Waals surface area (Å²) in [6.45, 7) is 4.80. The van der Waals surface area contributed by atoms with Gasteiger partial charge in [0.05, 0.1) is 5.41 Å². The van der Waals surface area contributed by atoms with E-state index in [1.165, 1.54) is 37.1 Å². The zero-order chi connectivity index (χ0) is 30.1. The molecule has 1 aromatic heterocycles. The Labute approximate surface area is 263 Å². The lowest BCUT2D eigenvalue weighted by Crippen LogP contribution is -2.58. The van der Waals surface area contributed by atoms with Gasteiger partial charge in [-0.25, -0.2) is 4.79 Å². The number of piperidine rings is 3. The fourth-order valence-corrected chi connectivity index (χ4v) is 8.82. The van der Waals surface area contributed by atoms with Crippen molar-refractivity contribution < 1.29 is 14.4 Å². The van der Waals surface area contributed by atoms with E-state index in [1.54, 1.807) is 16.2 Å². The number of amides is 4. The lowest BCUT2D eigenvalue weighted by atomic mass is 9.71. The Morgan fingerprint density at radius 3 is 2.43 bits per heavy atom. The van der Waals surface area contributed by atoms with E-state index in [0.29, 0.717) is 44.8 Å². The number of nitrogens with one attached hydrogen (secondary N) is 2. The highest BCUT2D eigenvalue weighted by Gasteiger charge is 2.45. The molecule has 9 heteroatoms. The summed E-state index contributed by atoms with van der Waals surface area (Å²) in [5.41, 5.74) is 2.66. The molecular formula is C35H43N5O3S. The van der Waals surface area contributed by atoms with Crippen LogP contribution in [0.4, 0.5) is 10.5 Å². The molecule has 0 bridgehead atoms. The SMILES string of the molecule is O=C(N[C@H](Cc1csc2ccccc12)C(=O)N1CCC(N2CCCCC2)CC1)N1CCC2(CC1)Cc1ccccc1NC2=O. The summed E-state index contributed by atoms with van der Waals surface area (Å²) >= 11 is 1.68. The molecule has 0 radical (unpaired) electrons. The topological polar surface area (TPSA) is 85.0 Å². The molecule has 4 amide bonds. The Morgan fingerprint density at radius 1 is 0.909 bits per heavy atom. The van der Waals surface area contributed by atoms with Crippen LogP contribution in [0, 0.1) is 5.41 Å². The highest BCUT2D eigenvalue weighted by molar-refractivity contribution is 7.17. The average Bonchev–Trinajstić information content (AvgIpc) is 3.48. The van der Waals surface area contributed by atoms with Gasteiger partial charge >= 0.3 is 6.03 Å². The molecule has 1 atom stereocenters. The number of nitrogens with zero attached hydrogens (tertiary/aromatic N) is 3. The normalized spacial score (nSPS) is 21.6. The van der Waals surface area contributed by atoms with E-state index in [1.807, 2.05) is 35.2 Å². The van der Waals surface area contributed by atoms with Crippen molar-refractivity contribution in [1.82, 2.24) is 20.0 Å². The van der Waals surface area contributed by atoms with Gasteiger partial charge in [0.15, 0.2) is 0 Å². The first-order valence-corrected chi connectivity index (χ1v) is 17.3. The second kappa shape index (κ2) is 12.5. The van der Waals surface area contributed by atoms with Gasteiger partial charge in [-0.2, -0.15) is 0 Å². The second-order valence-electron chi connectivity index (χ2n) is 13.2. The molecule has 4 aliphatic rings. The molecular weight excluding hydrogens is 570 g/mol. The van der Waals surface area contributed by atoms with Crippen molar-refractivity contribution in [3.63, 3.8) is 0 Å². The van der Waals surface area contributed by atoms with E-state index >= 15 is 0 Å². The molecule has 2 aromatic carbocycles. The summed E-state index contributed by atoms with van der Waals surface area (Å²) in [6, 6.07) is 16.0. The largest absolute Gasteiger partial charge is 0.341 e. The van der Waals surface area contributed by atoms with Gasteiger partial charge in [0.25, 0.3) is 0 Å². The molecule has 3 aromatic rings. The highest BCUT2D eigenvalue weighted by Crippen LogP contribution is 2.41. The first-order valence-electron chi connectivity index (χ1n) is 16.4. The number of likely N-dealkylation sites (tertiary alicyclic amines) is 3. The van der Waals surface area contributed by atoms with Crippen LogP contribution < -0.4 is 10.6 Å². The lowest BCUT2D eigenvalue weighted by Gasteiger charge is -2.43. The maximum absolute atomic E-state index is 14.1. The van der Waals surface area contributed by atoms with Gasteiger partial charge in [-0.1, -0.05) is 42.8 Å². The predicted molar refractivity (Wildman–Crippen MR) is 175 cm³/mol. The molecule has 0 aliphatic carbocycles. The van der Waals surface area contributed by atoms with Gasteiger partial charge < -0.3 is 25.3 Å². The minimum Gasteiger partial charge on any atom is -0.341 e. The molecule has 232 valence electrons. The highest BCUT2D eigenvalue weighted by atomic mass is 32.1. The first kappa shape index (κ1) is 29.3. The zero-order valence-corrected chi connectivity index (χ0v) is 26.2. The van der Waals surface area contributed by atoms with Crippen LogP contribution in [0.15, 0.2) is 53.9 Å². The maximum atomic E-state index is 14.1. The van der Waals surface area contributed by atoms with Gasteiger partial charge in [0.1, 0.15) is 6.04 Å². The lowest BCUT2D eigenvalue weighted by molar-refractivity contribution is -0.134. The molecule has 5 heterocycles. The van der Waals surface area contributed by atoms with Crippen LogP contribution in [-0.4, -0.2) is 83.9 Å². The second-order valence-corrected chi connectivity index (χ2v) is 14.1. The fraction of sp³-hybridized carbons (Fsp3) is 0.514. The molecule has 3 saturated heterocycles. The standard InChI is InChI=1S/C35H43N5O3S/c41-32(39-18-12-27(13-19-39)38-16-6-1-7-17-38)30(22-26-24-44-31-11-5-3-9-28(26)31)37-34(43)40-20-14-35(15-21-40)23-25-8-2-4-10-29(25)36-33(35)42/h2-5,8-11,24,27,30H,1,6-7,12-23H2,(H,36,42)(H,37,43)/t30-/m1/s1. The van der Waals surface area contributed by atoms with E-state index in [4.69, 9.17) is 0 Å². The monoisotopic (exact) mass is 613 g/mol. The Balaban J connectivity index is 1.03. The molecule has 2 N–H and O–H groups in total. The smallest absolute Gasteiger partial charge is 0.318 e. The van der Waals surface area contributed by atoms with E-state index in [9.17, 15) is 14.4 Å². The number of rotatable bonds is 5. The van der Waals surface area contributed by atoms with E-state index in [2.05, 4.69) is 39.1 Å². The summed E-state index contributed by atoms with van der Waals surface area (Å²) in [7, 11) is 0. The minimum atomic E-state index is -0.632. The van der Waals surface area contributed by atoms with Crippen molar-refractivity contribution in [2.24, 2.45) is 5.41 Å². The van der Waals surface area contributed by atoms with Crippen molar-refractivity contribution in [3.05, 3.63) is 65.0 Å². The summed E-state index contributed by atoms with van der Waals surface area (Å²) in [6.07, 6.45) is 8.25. The van der Waals surface area contributed by atoms with E-state index in [0.717, 1.165) is 48.1 Å². The van der Waals surface area contributed by atoms with Gasteiger partial charge in [-0.3, -0.25) is 9.59 Å². The molecule has 3 fully saturated rings. The third-order valence-electron chi connectivity index (χ3n) is 10.5. The van der Waals surface area contributed by atoms with E-state index < -0.39 is 11.5 Å². The van der Waals surface area contributed by atoms with Crippen LogP contribution in [0.3, 0.4) is 0 Å². The average molecular weight is 614 g/mol. The van der Waals surface area contributed by atoms with Crippen molar-refractivity contribution in [1.29, 1.82) is 0 Å². The van der Waals surface area contributed by atoms with Crippen molar-refractivity contribution in [2.75, 3.05) is 44.6 Å². The van der Waals surface area contributed by atoms with Crippen LogP contribution in [0.1, 0.15) is 56.1 Å². The zero-order valence-electron chi connectivity index (χ0n) is 25.4. The van der Waals surface area contributed by atoms with Crippen molar-refractivity contribution in [3.8, 4) is 0 Å².